The van der Waals surface area contributed by atoms with Crippen LogP contribution in [0.2, 0.25) is 0 Å². The van der Waals surface area contributed by atoms with Gasteiger partial charge in [0.05, 0.1) is 12.7 Å². The van der Waals surface area contributed by atoms with Crippen LogP contribution in [0, 0.1) is 5.82 Å². The Kier molecular flexibility index (Phi) is 2.56. The van der Waals surface area contributed by atoms with E-state index in [9.17, 15) is 9.18 Å². The van der Waals surface area contributed by atoms with Gasteiger partial charge in [0, 0.05) is 11.1 Å². The maximum atomic E-state index is 13.0. The maximum absolute atomic E-state index is 13.0. The third-order valence-corrected chi connectivity index (χ3v) is 3.02. The Hall–Kier alpha value is -2.22. The lowest BCUT2D eigenvalue weighted by Crippen LogP contribution is -2.04. The minimum Gasteiger partial charge on any atom is -0.347 e. The van der Waals surface area contributed by atoms with Crippen LogP contribution in [-0.4, -0.2) is 19.6 Å². The zero-order chi connectivity index (χ0) is 12.5. The van der Waals surface area contributed by atoms with Gasteiger partial charge in [-0.05, 0) is 12.1 Å². The number of pyridine rings is 1. The van der Waals surface area contributed by atoms with Gasteiger partial charge in [-0.15, -0.1) is 5.10 Å². The van der Waals surface area contributed by atoms with Crippen LogP contribution in [0.25, 0.3) is 5.65 Å². The first-order chi connectivity index (χ1) is 8.70. The molecule has 0 bridgehead atoms. The fourth-order valence-electron chi connectivity index (χ4n) is 1.51. The minimum atomic E-state index is -0.374. The quantitative estimate of drug-likeness (QED) is 0.747. The Morgan fingerprint density at radius 2 is 2.39 bits per heavy atom. The molecule has 3 rings (SSSR count). The van der Waals surface area contributed by atoms with E-state index in [0.717, 1.165) is 17.0 Å². The van der Waals surface area contributed by atoms with Crippen LogP contribution >= 0.6 is 11.3 Å². The van der Waals surface area contributed by atoms with Crippen LogP contribution in [0.1, 0.15) is 5.69 Å². The number of nitrogens with one attached hydrogen (secondary N) is 2. The molecule has 18 heavy (non-hydrogen) atoms. The van der Waals surface area contributed by atoms with E-state index in [2.05, 4.69) is 20.4 Å². The van der Waals surface area contributed by atoms with Crippen LogP contribution in [0.3, 0.4) is 0 Å². The molecule has 0 fully saturated rings. The van der Waals surface area contributed by atoms with Gasteiger partial charge in [-0.2, -0.15) is 4.98 Å². The van der Waals surface area contributed by atoms with E-state index in [-0.39, 0.29) is 10.7 Å². The average molecular weight is 265 g/mol. The van der Waals surface area contributed by atoms with Gasteiger partial charge < -0.3 is 10.3 Å². The third-order valence-electron chi connectivity index (χ3n) is 2.30. The Balaban J connectivity index is 1.80. The van der Waals surface area contributed by atoms with Crippen LogP contribution in [0.15, 0.2) is 28.5 Å². The molecule has 0 amide bonds. The monoisotopic (exact) mass is 265 g/mol. The van der Waals surface area contributed by atoms with E-state index in [0.29, 0.717) is 18.1 Å². The Morgan fingerprint density at radius 1 is 1.50 bits per heavy atom. The zero-order valence-electron chi connectivity index (χ0n) is 9.05. The van der Waals surface area contributed by atoms with Gasteiger partial charge >= 0.3 is 4.87 Å². The molecule has 0 saturated heterocycles. The Bertz CT molecular complexity index is 746. The molecule has 0 radical (unpaired) electrons. The molecule has 3 heterocycles. The molecule has 0 aliphatic heterocycles. The number of aromatic nitrogens is 4. The lowest BCUT2D eigenvalue weighted by molar-refractivity contribution is 0.615. The number of aromatic amines is 1. The van der Waals surface area contributed by atoms with Crippen molar-refractivity contribution in [2.75, 3.05) is 5.32 Å². The van der Waals surface area contributed by atoms with Gasteiger partial charge in [-0.3, -0.25) is 4.79 Å². The summed E-state index contributed by atoms with van der Waals surface area (Å²) in [5.74, 6) is 0.00811. The molecule has 3 aromatic rings. The number of hydrogen-bond donors (Lipinski definition) is 2. The molecule has 0 aliphatic rings. The number of thiazole rings is 1. The predicted molar refractivity (Wildman–Crippen MR) is 65.2 cm³/mol. The Morgan fingerprint density at radius 3 is 3.17 bits per heavy atom. The number of anilines is 1. The molecule has 0 spiro atoms. The zero-order valence-corrected chi connectivity index (χ0v) is 9.87. The fraction of sp³-hybridized carbons (Fsp3) is 0.100. The minimum absolute atomic E-state index is 0.100. The standard InChI is InChI=1S/C10H8FN5OS/c11-6-1-2-8-14-9(15-16(8)4-6)12-3-7-5-18-10(17)13-7/h1-2,4-5H,3H2,(H,12,15)(H,13,17). The van der Waals surface area contributed by atoms with Crippen LogP contribution in [0.4, 0.5) is 10.3 Å². The van der Waals surface area contributed by atoms with Crippen molar-refractivity contribution in [3.05, 3.63) is 44.9 Å². The first-order valence-corrected chi connectivity index (χ1v) is 6.01. The molecule has 0 unspecified atom stereocenters. The van der Waals surface area contributed by atoms with Crippen molar-refractivity contribution in [1.82, 2.24) is 19.6 Å². The van der Waals surface area contributed by atoms with Gasteiger partial charge in [0.2, 0.25) is 5.95 Å². The predicted octanol–water partition coefficient (Wildman–Crippen LogP) is 1.23. The van der Waals surface area contributed by atoms with Gasteiger partial charge in [0.15, 0.2) is 5.65 Å². The van der Waals surface area contributed by atoms with Crippen molar-refractivity contribution in [3.8, 4) is 0 Å². The van der Waals surface area contributed by atoms with Gasteiger partial charge in [0.25, 0.3) is 0 Å². The van der Waals surface area contributed by atoms with E-state index in [1.54, 1.807) is 11.4 Å². The highest BCUT2D eigenvalue weighted by Gasteiger charge is 2.04. The van der Waals surface area contributed by atoms with Crippen molar-refractivity contribution in [2.45, 2.75) is 6.54 Å². The summed E-state index contributed by atoms with van der Waals surface area (Å²) in [4.78, 5) is 17.7. The summed E-state index contributed by atoms with van der Waals surface area (Å²) < 4.78 is 14.3. The van der Waals surface area contributed by atoms with Crippen molar-refractivity contribution in [1.29, 1.82) is 0 Å². The number of H-pyrrole nitrogens is 1. The number of hydrogen-bond acceptors (Lipinski definition) is 5. The Labute approximate surface area is 104 Å². The van der Waals surface area contributed by atoms with Gasteiger partial charge in [-0.25, -0.2) is 8.91 Å². The van der Waals surface area contributed by atoms with Crippen molar-refractivity contribution in [2.24, 2.45) is 0 Å². The fourth-order valence-corrected chi connectivity index (χ4v) is 2.09. The van der Waals surface area contributed by atoms with E-state index in [1.807, 2.05) is 0 Å². The molecule has 3 aromatic heterocycles. The topological polar surface area (TPSA) is 75.1 Å². The molecule has 0 aromatic carbocycles. The van der Waals surface area contributed by atoms with E-state index in [4.69, 9.17) is 0 Å². The molecule has 92 valence electrons. The highest BCUT2D eigenvalue weighted by Crippen LogP contribution is 2.07. The second-order valence-corrected chi connectivity index (χ2v) is 4.45. The van der Waals surface area contributed by atoms with Gasteiger partial charge in [-0.1, -0.05) is 11.3 Å². The summed E-state index contributed by atoms with van der Waals surface area (Å²) in [6.07, 6.45) is 1.25. The summed E-state index contributed by atoms with van der Waals surface area (Å²) in [6, 6.07) is 2.87. The normalized spacial score (nSPS) is 10.9. The summed E-state index contributed by atoms with van der Waals surface area (Å²) in [6.45, 7) is 0.415. The summed E-state index contributed by atoms with van der Waals surface area (Å²) >= 11 is 1.10. The molecule has 8 heteroatoms. The van der Waals surface area contributed by atoms with E-state index >= 15 is 0 Å². The van der Waals surface area contributed by atoms with Crippen LogP contribution in [-0.2, 0) is 6.54 Å². The lowest BCUT2D eigenvalue weighted by atomic mass is 10.5. The molecular formula is C10H8FN5OS. The highest BCUT2D eigenvalue weighted by molar-refractivity contribution is 7.07. The average Bonchev–Trinajstić information content (AvgIpc) is 2.92. The first-order valence-electron chi connectivity index (χ1n) is 5.13. The molecule has 0 atom stereocenters. The maximum Gasteiger partial charge on any atom is 0.304 e. The number of rotatable bonds is 3. The number of fused-ring (bicyclic) bond motifs is 1. The van der Waals surface area contributed by atoms with Crippen molar-refractivity contribution < 1.29 is 4.39 Å². The molecule has 0 saturated carbocycles. The largest absolute Gasteiger partial charge is 0.347 e. The van der Waals surface area contributed by atoms with Crippen molar-refractivity contribution >= 4 is 22.9 Å². The molecular weight excluding hydrogens is 257 g/mol. The first kappa shape index (κ1) is 10.9. The second kappa shape index (κ2) is 4.22. The molecule has 2 N–H and O–H groups in total. The van der Waals surface area contributed by atoms with E-state index < -0.39 is 0 Å². The lowest BCUT2D eigenvalue weighted by Gasteiger charge is -1.96. The summed E-state index contributed by atoms with van der Waals surface area (Å²) in [5.41, 5.74) is 1.31. The molecule has 0 aliphatic carbocycles. The molecule has 6 nitrogen and oxygen atoms in total. The van der Waals surface area contributed by atoms with Crippen molar-refractivity contribution in [3.63, 3.8) is 0 Å². The summed E-state index contributed by atoms with van der Waals surface area (Å²) in [7, 11) is 0. The smallest absolute Gasteiger partial charge is 0.304 e. The SMILES string of the molecule is O=c1[nH]c(CNc2nc3ccc(F)cn3n2)cs1. The number of nitrogens with zero attached hydrogens (tertiary/aromatic N) is 3. The highest BCUT2D eigenvalue weighted by atomic mass is 32.1. The van der Waals surface area contributed by atoms with Crippen LogP contribution < -0.4 is 10.2 Å². The third kappa shape index (κ3) is 2.09. The van der Waals surface area contributed by atoms with Crippen LogP contribution in [0.5, 0.6) is 0 Å². The van der Waals surface area contributed by atoms with Gasteiger partial charge in [0.1, 0.15) is 5.82 Å². The summed E-state index contributed by atoms with van der Waals surface area (Å²) in [5, 5.41) is 8.74. The van der Waals surface area contributed by atoms with E-state index in [1.165, 1.54) is 16.8 Å². The number of halogens is 1. The second-order valence-electron chi connectivity index (χ2n) is 3.61.